The van der Waals surface area contributed by atoms with Crippen molar-refractivity contribution in [2.45, 2.75) is 45.3 Å². The third kappa shape index (κ3) is 4.22. The zero-order valence-electron chi connectivity index (χ0n) is 10.1. The van der Waals surface area contributed by atoms with E-state index in [0.717, 1.165) is 19.1 Å². The van der Waals surface area contributed by atoms with Crippen molar-refractivity contribution in [1.82, 2.24) is 9.88 Å². The van der Waals surface area contributed by atoms with Crippen LogP contribution in [0.2, 0.25) is 0 Å². The molecule has 0 spiro atoms. The van der Waals surface area contributed by atoms with Gasteiger partial charge in [0.2, 0.25) is 0 Å². The van der Waals surface area contributed by atoms with Gasteiger partial charge in [0.15, 0.2) is 0 Å². The molecule has 16 heavy (non-hydrogen) atoms. The highest BCUT2D eigenvalue weighted by Crippen LogP contribution is 2.19. The molecule has 0 saturated heterocycles. The lowest BCUT2D eigenvalue weighted by molar-refractivity contribution is 0.669. The Bertz CT molecular complexity index is 305. The first-order valence-electron chi connectivity index (χ1n) is 6.34. The van der Waals surface area contributed by atoms with E-state index in [4.69, 9.17) is 0 Å². The Hall–Kier alpha value is -0.410. The maximum atomic E-state index is 3.55. The molecular formula is C13H22N2S. The van der Waals surface area contributed by atoms with Gasteiger partial charge in [0.1, 0.15) is 0 Å². The number of hydrogen-bond acceptors (Lipinski definition) is 2. The first-order chi connectivity index (χ1) is 7.88. The Morgan fingerprint density at radius 3 is 3.12 bits per heavy atom. The second-order valence-electron chi connectivity index (χ2n) is 4.46. The number of hydrogen-bond donors (Lipinski definition) is 1. The van der Waals surface area contributed by atoms with E-state index < -0.39 is 0 Å². The van der Waals surface area contributed by atoms with Gasteiger partial charge in [0, 0.05) is 31.5 Å². The Morgan fingerprint density at radius 1 is 1.50 bits per heavy atom. The molecule has 90 valence electrons. The molecule has 1 aliphatic rings. The molecule has 1 N–H and O–H groups in total. The molecule has 1 saturated carbocycles. The Morgan fingerprint density at radius 2 is 2.38 bits per heavy atom. The highest BCUT2D eigenvalue weighted by molar-refractivity contribution is 7.99. The van der Waals surface area contributed by atoms with Crippen LogP contribution in [0.15, 0.2) is 18.5 Å². The van der Waals surface area contributed by atoms with Crippen LogP contribution >= 0.6 is 11.8 Å². The van der Waals surface area contributed by atoms with Crippen LogP contribution in [0.1, 0.15) is 31.7 Å². The summed E-state index contributed by atoms with van der Waals surface area (Å²) in [6, 6.07) is 3.05. The summed E-state index contributed by atoms with van der Waals surface area (Å²) < 4.78 is 2.32. The first-order valence-corrected chi connectivity index (χ1v) is 7.49. The molecule has 0 aliphatic heterocycles. The monoisotopic (exact) mass is 238 g/mol. The van der Waals surface area contributed by atoms with Gasteiger partial charge in [-0.15, -0.1) is 0 Å². The van der Waals surface area contributed by atoms with Gasteiger partial charge in [-0.25, -0.2) is 0 Å². The molecule has 1 aromatic rings. The van der Waals surface area contributed by atoms with Crippen molar-refractivity contribution in [3.8, 4) is 0 Å². The van der Waals surface area contributed by atoms with Gasteiger partial charge >= 0.3 is 0 Å². The van der Waals surface area contributed by atoms with E-state index in [9.17, 15) is 0 Å². The predicted molar refractivity (Wildman–Crippen MR) is 71.9 cm³/mol. The van der Waals surface area contributed by atoms with Crippen molar-refractivity contribution in [2.75, 3.05) is 11.5 Å². The van der Waals surface area contributed by atoms with E-state index in [-0.39, 0.29) is 0 Å². The van der Waals surface area contributed by atoms with Gasteiger partial charge in [-0.1, -0.05) is 6.92 Å². The summed E-state index contributed by atoms with van der Waals surface area (Å²) in [5.74, 6) is 2.52. The van der Waals surface area contributed by atoms with Crippen molar-refractivity contribution in [3.63, 3.8) is 0 Å². The topological polar surface area (TPSA) is 17.0 Å². The molecule has 0 unspecified atom stereocenters. The lowest BCUT2D eigenvalue weighted by Gasteiger charge is -2.02. The molecule has 0 radical (unpaired) electrons. The van der Waals surface area contributed by atoms with Gasteiger partial charge in [-0.05, 0) is 42.4 Å². The number of aryl methyl sites for hydroxylation is 1. The molecule has 1 fully saturated rings. The summed E-state index contributed by atoms with van der Waals surface area (Å²) in [6.45, 7) is 4.43. The van der Waals surface area contributed by atoms with Crippen molar-refractivity contribution in [1.29, 1.82) is 0 Å². The maximum absolute atomic E-state index is 3.55. The molecule has 1 heterocycles. The largest absolute Gasteiger partial charge is 0.354 e. The number of thioether (sulfide) groups is 1. The van der Waals surface area contributed by atoms with E-state index in [1.54, 1.807) is 0 Å². The molecule has 0 amide bonds. The maximum Gasteiger partial charge on any atom is 0.0227 e. The predicted octanol–water partition coefficient (Wildman–Crippen LogP) is 2.88. The van der Waals surface area contributed by atoms with Crippen LogP contribution in [0.5, 0.6) is 0 Å². The SMILES string of the molecule is CCSCCCn1ccc(CNC2CC2)c1. The van der Waals surface area contributed by atoms with E-state index in [1.165, 1.54) is 36.3 Å². The lowest BCUT2D eigenvalue weighted by atomic mass is 10.3. The Kier molecular flexibility index (Phi) is 4.79. The summed E-state index contributed by atoms with van der Waals surface area (Å²) in [4.78, 5) is 0. The van der Waals surface area contributed by atoms with Gasteiger partial charge in [0.25, 0.3) is 0 Å². The van der Waals surface area contributed by atoms with E-state index in [1.807, 2.05) is 11.8 Å². The molecule has 0 aromatic carbocycles. The summed E-state index contributed by atoms with van der Waals surface area (Å²) in [6.07, 6.45) is 8.51. The first kappa shape index (κ1) is 12.1. The second kappa shape index (κ2) is 6.36. The van der Waals surface area contributed by atoms with Crippen molar-refractivity contribution in [2.24, 2.45) is 0 Å². The molecule has 1 aliphatic carbocycles. The Balaban J connectivity index is 1.64. The lowest BCUT2D eigenvalue weighted by Crippen LogP contribution is -2.14. The fraction of sp³-hybridized carbons (Fsp3) is 0.692. The molecule has 0 atom stereocenters. The Labute approximate surface area is 103 Å². The zero-order chi connectivity index (χ0) is 11.2. The number of nitrogens with one attached hydrogen (secondary N) is 1. The average molecular weight is 238 g/mol. The third-order valence-corrected chi connectivity index (χ3v) is 3.88. The molecule has 2 rings (SSSR count). The molecule has 3 heteroatoms. The van der Waals surface area contributed by atoms with Crippen molar-refractivity contribution >= 4 is 11.8 Å². The van der Waals surface area contributed by atoms with E-state index >= 15 is 0 Å². The number of aromatic nitrogens is 1. The van der Waals surface area contributed by atoms with Crippen LogP contribution in [0.25, 0.3) is 0 Å². The van der Waals surface area contributed by atoms with Crippen LogP contribution < -0.4 is 5.32 Å². The minimum Gasteiger partial charge on any atom is -0.354 e. The zero-order valence-corrected chi connectivity index (χ0v) is 10.9. The number of nitrogens with zero attached hydrogens (tertiary/aromatic N) is 1. The summed E-state index contributed by atoms with van der Waals surface area (Å²) >= 11 is 2.03. The summed E-state index contributed by atoms with van der Waals surface area (Å²) in [5.41, 5.74) is 1.43. The van der Waals surface area contributed by atoms with Crippen LogP contribution in [0.3, 0.4) is 0 Å². The van der Waals surface area contributed by atoms with E-state index in [2.05, 4.69) is 35.3 Å². The molecular weight excluding hydrogens is 216 g/mol. The van der Waals surface area contributed by atoms with Gasteiger partial charge in [-0.3, -0.25) is 0 Å². The normalized spacial score (nSPS) is 15.6. The van der Waals surface area contributed by atoms with Crippen molar-refractivity contribution in [3.05, 3.63) is 24.0 Å². The van der Waals surface area contributed by atoms with Crippen LogP contribution in [-0.2, 0) is 13.1 Å². The second-order valence-corrected chi connectivity index (χ2v) is 5.86. The number of rotatable bonds is 8. The quantitative estimate of drug-likeness (QED) is 0.701. The highest BCUT2D eigenvalue weighted by Gasteiger charge is 2.19. The molecule has 2 nitrogen and oxygen atoms in total. The summed E-state index contributed by atoms with van der Waals surface area (Å²) in [7, 11) is 0. The minimum absolute atomic E-state index is 0.810. The smallest absolute Gasteiger partial charge is 0.0227 e. The van der Waals surface area contributed by atoms with Crippen LogP contribution in [-0.4, -0.2) is 22.1 Å². The molecule has 1 aromatic heterocycles. The fourth-order valence-corrected chi connectivity index (χ4v) is 2.40. The van der Waals surface area contributed by atoms with Gasteiger partial charge < -0.3 is 9.88 Å². The third-order valence-electron chi connectivity index (χ3n) is 2.89. The minimum atomic E-state index is 0.810. The standard InChI is InChI=1S/C13H22N2S/c1-2-16-9-3-7-15-8-6-12(11-15)10-14-13-4-5-13/h6,8,11,13-14H,2-5,7,9-10H2,1H3. The van der Waals surface area contributed by atoms with Crippen molar-refractivity contribution < 1.29 is 0 Å². The van der Waals surface area contributed by atoms with Crippen LogP contribution in [0.4, 0.5) is 0 Å². The van der Waals surface area contributed by atoms with Gasteiger partial charge in [-0.2, -0.15) is 11.8 Å². The van der Waals surface area contributed by atoms with E-state index in [0.29, 0.717) is 0 Å². The fourth-order valence-electron chi connectivity index (χ4n) is 1.78. The molecule has 0 bridgehead atoms. The summed E-state index contributed by atoms with van der Waals surface area (Å²) in [5, 5.41) is 3.55. The average Bonchev–Trinajstić information content (AvgIpc) is 3.02. The van der Waals surface area contributed by atoms with Crippen LogP contribution in [0, 0.1) is 0 Å². The highest BCUT2D eigenvalue weighted by atomic mass is 32.2. The van der Waals surface area contributed by atoms with Gasteiger partial charge in [0.05, 0.1) is 0 Å².